The van der Waals surface area contributed by atoms with Crippen molar-refractivity contribution in [2.24, 2.45) is 0 Å². The van der Waals surface area contributed by atoms with Crippen molar-refractivity contribution in [2.75, 3.05) is 12.4 Å². The van der Waals surface area contributed by atoms with Crippen LogP contribution in [0.1, 0.15) is 13.8 Å². The van der Waals surface area contributed by atoms with Gasteiger partial charge in [-0.05, 0) is 13.8 Å². The van der Waals surface area contributed by atoms with Crippen molar-refractivity contribution in [3.05, 3.63) is 0 Å². The van der Waals surface area contributed by atoms with E-state index in [1.54, 1.807) is 6.92 Å². The molecule has 0 aliphatic carbocycles. The molecule has 60 valence electrons. The summed E-state index contributed by atoms with van der Waals surface area (Å²) in [6.45, 7) is 4.14. The molecule has 0 saturated heterocycles. The lowest BCUT2D eigenvalue weighted by Crippen LogP contribution is -2.28. The van der Waals surface area contributed by atoms with Gasteiger partial charge in [0.05, 0.1) is 5.88 Å². The van der Waals surface area contributed by atoms with Crippen LogP contribution in [0.25, 0.3) is 0 Å². The van der Waals surface area contributed by atoms with Crippen molar-refractivity contribution in [1.82, 2.24) is 5.32 Å². The third kappa shape index (κ3) is 4.44. The van der Waals surface area contributed by atoms with Gasteiger partial charge in [0.1, 0.15) is 6.10 Å². The van der Waals surface area contributed by atoms with Crippen molar-refractivity contribution >= 4 is 17.7 Å². The van der Waals surface area contributed by atoms with Crippen LogP contribution >= 0.6 is 11.6 Å². The maximum absolute atomic E-state index is 10.6. The number of amides is 1. The maximum atomic E-state index is 10.6. The van der Waals surface area contributed by atoms with E-state index in [9.17, 15) is 4.79 Å². The highest BCUT2D eigenvalue weighted by atomic mass is 35.5. The molecule has 0 heterocycles. The molecular weight excluding hydrogens is 154 g/mol. The lowest BCUT2D eigenvalue weighted by Gasteiger charge is -2.09. The van der Waals surface area contributed by atoms with Gasteiger partial charge in [-0.3, -0.25) is 0 Å². The molecule has 1 atom stereocenters. The molecule has 0 radical (unpaired) electrons. The van der Waals surface area contributed by atoms with Crippen molar-refractivity contribution in [1.29, 1.82) is 0 Å². The van der Waals surface area contributed by atoms with Crippen molar-refractivity contribution in [3.8, 4) is 0 Å². The minimum Gasteiger partial charge on any atom is -0.445 e. The summed E-state index contributed by atoms with van der Waals surface area (Å²) in [7, 11) is 0. The van der Waals surface area contributed by atoms with Gasteiger partial charge in [0.25, 0.3) is 0 Å². The van der Waals surface area contributed by atoms with Gasteiger partial charge in [-0.2, -0.15) is 0 Å². The van der Waals surface area contributed by atoms with E-state index in [4.69, 9.17) is 16.3 Å². The van der Waals surface area contributed by atoms with Crippen molar-refractivity contribution < 1.29 is 9.53 Å². The molecule has 0 spiro atoms. The number of hydrogen-bond acceptors (Lipinski definition) is 2. The number of alkyl halides is 1. The minimum atomic E-state index is -0.407. The Hall–Kier alpha value is -0.440. The van der Waals surface area contributed by atoms with Gasteiger partial charge in [-0.1, -0.05) is 0 Å². The van der Waals surface area contributed by atoms with Crippen LogP contribution in [0.3, 0.4) is 0 Å². The molecule has 4 heteroatoms. The largest absolute Gasteiger partial charge is 0.445 e. The predicted octanol–water partition coefficient (Wildman–Crippen LogP) is 1.36. The zero-order valence-corrected chi connectivity index (χ0v) is 6.94. The van der Waals surface area contributed by atoms with E-state index in [2.05, 4.69) is 5.32 Å². The molecule has 1 amide bonds. The maximum Gasteiger partial charge on any atom is 0.407 e. The molecule has 0 aliphatic rings. The molecule has 10 heavy (non-hydrogen) atoms. The van der Waals surface area contributed by atoms with Crippen LogP contribution in [0.4, 0.5) is 4.79 Å². The van der Waals surface area contributed by atoms with Gasteiger partial charge in [0.15, 0.2) is 0 Å². The molecule has 1 N–H and O–H groups in total. The van der Waals surface area contributed by atoms with Crippen molar-refractivity contribution in [3.63, 3.8) is 0 Å². The van der Waals surface area contributed by atoms with Gasteiger partial charge < -0.3 is 10.1 Å². The molecule has 0 saturated carbocycles. The number of hydrogen-bond donors (Lipinski definition) is 1. The first-order chi connectivity index (χ1) is 4.70. The highest BCUT2D eigenvalue weighted by Crippen LogP contribution is 1.93. The Morgan fingerprint density at radius 1 is 1.80 bits per heavy atom. The van der Waals surface area contributed by atoms with E-state index >= 15 is 0 Å². The molecule has 0 rings (SSSR count). The number of rotatable bonds is 3. The Morgan fingerprint density at radius 2 is 2.40 bits per heavy atom. The first-order valence-corrected chi connectivity index (χ1v) is 3.74. The van der Waals surface area contributed by atoms with E-state index < -0.39 is 6.09 Å². The third-order valence-corrected chi connectivity index (χ3v) is 1.28. The van der Waals surface area contributed by atoms with Gasteiger partial charge in [0, 0.05) is 6.54 Å². The summed E-state index contributed by atoms with van der Waals surface area (Å²) in [5, 5.41) is 2.49. The van der Waals surface area contributed by atoms with Crippen LogP contribution in [0, 0.1) is 0 Å². The highest BCUT2D eigenvalue weighted by molar-refractivity contribution is 6.18. The number of carbonyl (C=O) groups excluding carboxylic acids is 1. The Kier molecular flexibility index (Phi) is 5.12. The zero-order valence-electron chi connectivity index (χ0n) is 6.19. The summed E-state index contributed by atoms with van der Waals surface area (Å²) in [6.07, 6.45) is -0.621. The minimum absolute atomic E-state index is 0.215. The molecule has 3 nitrogen and oxygen atoms in total. The number of ether oxygens (including phenoxy) is 1. The topological polar surface area (TPSA) is 38.3 Å². The lowest BCUT2D eigenvalue weighted by atomic mass is 10.5. The number of nitrogens with one attached hydrogen (secondary N) is 1. The molecule has 0 fully saturated rings. The smallest absolute Gasteiger partial charge is 0.407 e. The predicted molar refractivity (Wildman–Crippen MR) is 40.3 cm³/mol. The van der Waals surface area contributed by atoms with Crippen LogP contribution in [0.5, 0.6) is 0 Å². The zero-order chi connectivity index (χ0) is 7.98. The second-order valence-electron chi connectivity index (χ2n) is 1.90. The van der Waals surface area contributed by atoms with Gasteiger partial charge in [-0.25, -0.2) is 4.79 Å². The first kappa shape index (κ1) is 9.56. The average Bonchev–Trinajstić information content (AvgIpc) is 1.88. The molecular formula is C6H12ClNO2. The van der Waals surface area contributed by atoms with Crippen molar-refractivity contribution in [2.45, 2.75) is 20.0 Å². The van der Waals surface area contributed by atoms with E-state index in [0.717, 1.165) is 0 Å². The summed E-state index contributed by atoms with van der Waals surface area (Å²) in [5.41, 5.74) is 0. The molecule has 0 aromatic carbocycles. The molecule has 0 aromatic heterocycles. The SMILES string of the molecule is CCNC(=O)OC(C)CCl. The summed E-state index contributed by atoms with van der Waals surface area (Å²) in [4.78, 5) is 10.6. The van der Waals surface area contributed by atoms with Crippen LogP contribution in [0.2, 0.25) is 0 Å². The fourth-order valence-electron chi connectivity index (χ4n) is 0.400. The monoisotopic (exact) mass is 165 g/mol. The quantitative estimate of drug-likeness (QED) is 0.642. The number of carbonyl (C=O) groups is 1. The van der Waals surface area contributed by atoms with Crippen LogP contribution in [0.15, 0.2) is 0 Å². The summed E-state index contributed by atoms with van der Waals surface area (Å²) < 4.78 is 4.76. The van der Waals surface area contributed by atoms with E-state index in [1.807, 2.05) is 6.92 Å². The van der Waals surface area contributed by atoms with Gasteiger partial charge >= 0.3 is 6.09 Å². The number of alkyl carbamates (subject to hydrolysis) is 1. The number of halogens is 1. The fourth-order valence-corrected chi connectivity index (χ4v) is 0.463. The third-order valence-electron chi connectivity index (χ3n) is 0.847. The second kappa shape index (κ2) is 5.35. The molecule has 1 unspecified atom stereocenters. The lowest BCUT2D eigenvalue weighted by molar-refractivity contribution is 0.117. The highest BCUT2D eigenvalue weighted by Gasteiger charge is 2.04. The summed E-state index contributed by atoms with van der Waals surface area (Å²) in [6, 6.07) is 0. The second-order valence-corrected chi connectivity index (χ2v) is 2.21. The van der Waals surface area contributed by atoms with Gasteiger partial charge in [-0.15, -0.1) is 11.6 Å². The Balaban J connectivity index is 3.37. The Morgan fingerprint density at radius 3 is 2.80 bits per heavy atom. The first-order valence-electron chi connectivity index (χ1n) is 3.21. The standard InChI is InChI=1S/C6H12ClNO2/c1-3-8-6(9)10-5(2)4-7/h5H,3-4H2,1-2H3,(H,8,9). The molecule has 0 aliphatic heterocycles. The summed E-state index contributed by atoms with van der Waals surface area (Å²) in [5.74, 6) is 0.330. The normalized spacial score (nSPS) is 12.3. The Bertz CT molecular complexity index is 108. The molecule has 0 bridgehead atoms. The average molecular weight is 166 g/mol. The van der Waals surface area contributed by atoms with E-state index in [-0.39, 0.29) is 6.10 Å². The van der Waals surface area contributed by atoms with E-state index in [0.29, 0.717) is 12.4 Å². The van der Waals surface area contributed by atoms with Crippen LogP contribution in [-0.4, -0.2) is 24.6 Å². The van der Waals surface area contributed by atoms with Crippen LogP contribution < -0.4 is 5.32 Å². The van der Waals surface area contributed by atoms with E-state index in [1.165, 1.54) is 0 Å². The van der Waals surface area contributed by atoms with Gasteiger partial charge in [0.2, 0.25) is 0 Å². The Labute approximate surface area is 65.7 Å². The van der Waals surface area contributed by atoms with Crippen LogP contribution in [-0.2, 0) is 4.74 Å². The molecule has 0 aromatic rings. The summed E-state index contributed by atoms with van der Waals surface area (Å²) >= 11 is 5.39. The fraction of sp³-hybridized carbons (Fsp3) is 0.833.